The molecule has 0 amide bonds. The quantitative estimate of drug-likeness (QED) is 0.789. The SMILES string of the molecule is CN(C)CCn1ccnc1C1CCCN(S(=O)(=O)c2ccccc2)C1. The molecule has 0 saturated carbocycles. The molecule has 0 aliphatic carbocycles. The molecule has 1 aliphatic rings. The molecule has 3 rings (SSSR count). The Kier molecular flexibility index (Phi) is 5.56. The molecule has 1 aromatic heterocycles. The molecule has 1 aromatic carbocycles. The minimum absolute atomic E-state index is 0.143. The van der Waals surface area contributed by atoms with E-state index in [0.717, 1.165) is 31.8 Å². The Hall–Kier alpha value is -1.70. The first-order valence-electron chi connectivity index (χ1n) is 8.69. The fourth-order valence-corrected chi connectivity index (χ4v) is 4.84. The van der Waals surface area contributed by atoms with E-state index in [1.165, 1.54) is 0 Å². The third-order valence-corrected chi connectivity index (χ3v) is 6.55. The van der Waals surface area contributed by atoms with Crippen LogP contribution in [0.4, 0.5) is 0 Å². The van der Waals surface area contributed by atoms with Crippen LogP contribution in [0.3, 0.4) is 0 Å². The van der Waals surface area contributed by atoms with Crippen LogP contribution in [0, 0.1) is 0 Å². The summed E-state index contributed by atoms with van der Waals surface area (Å²) in [5.41, 5.74) is 0. The molecule has 1 saturated heterocycles. The zero-order valence-electron chi connectivity index (χ0n) is 14.9. The lowest BCUT2D eigenvalue weighted by Crippen LogP contribution is -2.39. The minimum atomic E-state index is -3.44. The number of imidazole rings is 1. The molecule has 1 aliphatic heterocycles. The Morgan fingerprint density at radius 3 is 2.72 bits per heavy atom. The summed E-state index contributed by atoms with van der Waals surface area (Å²) in [4.78, 5) is 7.03. The monoisotopic (exact) mass is 362 g/mol. The van der Waals surface area contributed by atoms with Crippen molar-refractivity contribution < 1.29 is 8.42 Å². The molecule has 2 heterocycles. The summed E-state index contributed by atoms with van der Waals surface area (Å²) in [6, 6.07) is 8.69. The van der Waals surface area contributed by atoms with Gasteiger partial charge in [-0.2, -0.15) is 4.31 Å². The van der Waals surface area contributed by atoms with Gasteiger partial charge in [0.25, 0.3) is 0 Å². The maximum atomic E-state index is 12.9. The standard InChI is InChI=1S/C18H26N4O2S/c1-20(2)13-14-21-12-10-19-18(21)16-7-6-11-22(15-16)25(23,24)17-8-4-3-5-9-17/h3-5,8-10,12,16H,6-7,11,13-15H2,1-2H3. The molecule has 1 unspecified atom stereocenters. The second kappa shape index (κ2) is 7.68. The molecule has 25 heavy (non-hydrogen) atoms. The van der Waals surface area contributed by atoms with E-state index in [1.807, 2.05) is 32.6 Å². The molecule has 136 valence electrons. The van der Waals surface area contributed by atoms with Gasteiger partial charge in [0.05, 0.1) is 4.90 Å². The van der Waals surface area contributed by atoms with Gasteiger partial charge >= 0.3 is 0 Å². The number of hydrogen-bond acceptors (Lipinski definition) is 4. The highest BCUT2D eigenvalue weighted by molar-refractivity contribution is 7.89. The van der Waals surface area contributed by atoms with Crippen molar-refractivity contribution in [1.29, 1.82) is 0 Å². The first-order valence-corrected chi connectivity index (χ1v) is 10.1. The minimum Gasteiger partial charge on any atom is -0.333 e. The van der Waals surface area contributed by atoms with Crippen molar-refractivity contribution in [2.24, 2.45) is 0 Å². The summed E-state index contributed by atoms with van der Waals surface area (Å²) < 4.78 is 29.6. The summed E-state index contributed by atoms with van der Waals surface area (Å²) in [5, 5.41) is 0. The van der Waals surface area contributed by atoms with Crippen LogP contribution in [0.1, 0.15) is 24.6 Å². The van der Waals surface area contributed by atoms with Crippen LogP contribution in [0.25, 0.3) is 0 Å². The fourth-order valence-electron chi connectivity index (χ4n) is 3.29. The van der Waals surface area contributed by atoms with Crippen LogP contribution in [0.2, 0.25) is 0 Å². The normalized spacial score (nSPS) is 19.4. The third-order valence-electron chi connectivity index (χ3n) is 4.67. The number of nitrogens with zero attached hydrogens (tertiary/aromatic N) is 4. The molecular weight excluding hydrogens is 336 g/mol. The molecule has 0 bridgehead atoms. The predicted molar refractivity (Wildman–Crippen MR) is 98.0 cm³/mol. The van der Waals surface area contributed by atoms with E-state index in [4.69, 9.17) is 0 Å². The highest BCUT2D eigenvalue weighted by atomic mass is 32.2. The number of benzene rings is 1. The smallest absolute Gasteiger partial charge is 0.243 e. The van der Waals surface area contributed by atoms with Crippen molar-refractivity contribution in [2.45, 2.75) is 30.2 Å². The Labute approximate surface area is 150 Å². The zero-order valence-corrected chi connectivity index (χ0v) is 15.7. The molecule has 1 fully saturated rings. The molecule has 0 radical (unpaired) electrons. The predicted octanol–water partition coefficient (Wildman–Crippen LogP) is 2.01. The van der Waals surface area contributed by atoms with E-state index in [9.17, 15) is 8.42 Å². The Balaban J connectivity index is 1.77. The Morgan fingerprint density at radius 1 is 1.24 bits per heavy atom. The Morgan fingerprint density at radius 2 is 2.00 bits per heavy atom. The molecule has 1 atom stereocenters. The van der Waals surface area contributed by atoms with Crippen LogP contribution in [-0.4, -0.2) is 60.9 Å². The van der Waals surface area contributed by atoms with Gasteiger partial charge in [-0.05, 0) is 39.1 Å². The van der Waals surface area contributed by atoms with Crippen LogP contribution in [0.15, 0.2) is 47.6 Å². The van der Waals surface area contributed by atoms with Crippen molar-refractivity contribution in [2.75, 3.05) is 33.7 Å². The largest absolute Gasteiger partial charge is 0.333 e. The summed E-state index contributed by atoms with van der Waals surface area (Å²) >= 11 is 0. The maximum Gasteiger partial charge on any atom is 0.243 e. The summed E-state index contributed by atoms with van der Waals surface area (Å²) in [7, 11) is 0.657. The topological polar surface area (TPSA) is 58.4 Å². The van der Waals surface area contributed by atoms with Crippen molar-refractivity contribution in [3.05, 3.63) is 48.5 Å². The van der Waals surface area contributed by atoms with E-state index in [1.54, 1.807) is 28.6 Å². The van der Waals surface area contributed by atoms with Crippen molar-refractivity contribution >= 4 is 10.0 Å². The van der Waals surface area contributed by atoms with Crippen molar-refractivity contribution in [3.63, 3.8) is 0 Å². The molecule has 2 aromatic rings. The van der Waals surface area contributed by atoms with E-state index < -0.39 is 10.0 Å². The summed E-state index contributed by atoms with van der Waals surface area (Å²) in [6.07, 6.45) is 5.64. The maximum absolute atomic E-state index is 12.9. The Bertz CT molecular complexity index is 786. The van der Waals surface area contributed by atoms with Gasteiger partial charge in [-0.15, -0.1) is 0 Å². The van der Waals surface area contributed by atoms with Gasteiger partial charge in [0.1, 0.15) is 5.82 Å². The average Bonchev–Trinajstić information content (AvgIpc) is 3.09. The van der Waals surface area contributed by atoms with Gasteiger partial charge in [-0.1, -0.05) is 18.2 Å². The van der Waals surface area contributed by atoms with E-state index >= 15 is 0 Å². The summed E-state index contributed by atoms with van der Waals surface area (Å²) in [5.74, 6) is 1.14. The molecular formula is C18H26N4O2S. The first kappa shape index (κ1) is 18.1. The van der Waals surface area contributed by atoms with E-state index in [-0.39, 0.29) is 5.92 Å². The number of sulfonamides is 1. The first-order chi connectivity index (χ1) is 12.0. The summed E-state index contributed by atoms with van der Waals surface area (Å²) in [6.45, 7) is 2.87. The van der Waals surface area contributed by atoms with Crippen molar-refractivity contribution in [1.82, 2.24) is 18.8 Å². The highest BCUT2D eigenvalue weighted by Crippen LogP contribution is 2.29. The third kappa shape index (κ3) is 4.11. The van der Waals surface area contributed by atoms with Gasteiger partial charge in [0.15, 0.2) is 0 Å². The second-order valence-corrected chi connectivity index (χ2v) is 8.74. The van der Waals surface area contributed by atoms with Crippen LogP contribution in [-0.2, 0) is 16.6 Å². The molecule has 0 N–H and O–H groups in total. The van der Waals surface area contributed by atoms with Crippen molar-refractivity contribution in [3.8, 4) is 0 Å². The van der Waals surface area contributed by atoms with Gasteiger partial charge < -0.3 is 9.47 Å². The fraction of sp³-hybridized carbons (Fsp3) is 0.500. The van der Waals surface area contributed by atoms with Gasteiger partial charge in [0, 0.05) is 44.5 Å². The number of aromatic nitrogens is 2. The van der Waals surface area contributed by atoms with Gasteiger partial charge in [-0.3, -0.25) is 0 Å². The lowest BCUT2D eigenvalue weighted by molar-refractivity contribution is 0.301. The second-order valence-electron chi connectivity index (χ2n) is 6.80. The van der Waals surface area contributed by atoms with Crippen LogP contribution < -0.4 is 0 Å². The average molecular weight is 362 g/mol. The molecule has 7 heteroatoms. The zero-order chi connectivity index (χ0) is 17.9. The van der Waals surface area contributed by atoms with Gasteiger partial charge in [0.2, 0.25) is 10.0 Å². The lowest BCUT2D eigenvalue weighted by Gasteiger charge is -2.32. The molecule has 0 spiro atoms. The number of rotatable bonds is 6. The lowest BCUT2D eigenvalue weighted by atomic mass is 9.99. The number of likely N-dealkylation sites (N-methyl/N-ethyl adjacent to an activating group) is 1. The number of hydrogen-bond donors (Lipinski definition) is 0. The van der Waals surface area contributed by atoms with Crippen LogP contribution >= 0.6 is 0 Å². The highest BCUT2D eigenvalue weighted by Gasteiger charge is 2.32. The van der Waals surface area contributed by atoms with E-state index in [0.29, 0.717) is 18.0 Å². The van der Waals surface area contributed by atoms with E-state index in [2.05, 4.69) is 14.5 Å². The van der Waals surface area contributed by atoms with Crippen LogP contribution in [0.5, 0.6) is 0 Å². The number of piperidine rings is 1. The van der Waals surface area contributed by atoms with Gasteiger partial charge in [-0.25, -0.2) is 13.4 Å². The molecule has 6 nitrogen and oxygen atoms in total.